The molecule has 0 aromatic carbocycles. The van der Waals surface area contributed by atoms with Crippen molar-refractivity contribution in [2.75, 3.05) is 13.2 Å². The SMILES string of the molecule is C/C(=C\CC[C@]1(C)C2CC3[C@H](C2)C31C)CO.C=C1[C@@H]2CC[C@@H](C2)[C@@]1(C)CC/C=C(\C)CO. The lowest BCUT2D eigenvalue weighted by Crippen LogP contribution is -2.26. The molecule has 6 fully saturated rings. The summed E-state index contributed by atoms with van der Waals surface area (Å²) in [6.45, 7) is 16.3. The number of hydrogen-bond acceptors (Lipinski definition) is 2. The third kappa shape index (κ3) is 3.68. The van der Waals surface area contributed by atoms with Crippen LogP contribution in [0.25, 0.3) is 0 Å². The van der Waals surface area contributed by atoms with Crippen molar-refractivity contribution in [1.82, 2.24) is 0 Å². The predicted octanol–water partition coefficient (Wildman–Crippen LogP) is 7.09. The van der Waals surface area contributed by atoms with Crippen LogP contribution in [0.5, 0.6) is 0 Å². The molecule has 0 aliphatic heterocycles. The lowest BCUT2D eigenvalue weighted by Gasteiger charge is -2.36. The second kappa shape index (κ2) is 8.73. The second-order valence-corrected chi connectivity index (χ2v) is 12.7. The van der Waals surface area contributed by atoms with Crippen molar-refractivity contribution >= 4 is 0 Å². The highest BCUT2D eigenvalue weighted by atomic mass is 16.3. The molecule has 2 nitrogen and oxygen atoms in total. The third-order valence-corrected chi connectivity index (χ3v) is 11.5. The van der Waals surface area contributed by atoms with Gasteiger partial charge in [-0.2, -0.15) is 0 Å². The molecule has 0 saturated heterocycles. The predicted molar refractivity (Wildman–Crippen MR) is 134 cm³/mol. The molecular weight excluding hydrogens is 392 g/mol. The molecule has 6 aliphatic rings. The lowest BCUT2D eigenvalue weighted by molar-refractivity contribution is 0.154. The van der Waals surface area contributed by atoms with E-state index in [1.807, 2.05) is 13.8 Å². The van der Waals surface area contributed by atoms with E-state index in [0.29, 0.717) is 16.2 Å². The minimum absolute atomic E-state index is 0.198. The molecule has 0 spiro atoms. The number of hydrogen-bond donors (Lipinski definition) is 2. The van der Waals surface area contributed by atoms with Crippen molar-refractivity contribution in [3.05, 3.63) is 35.5 Å². The maximum Gasteiger partial charge on any atom is 0.0639 e. The van der Waals surface area contributed by atoms with Crippen LogP contribution in [-0.4, -0.2) is 23.4 Å². The summed E-state index contributed by atoms with van der Waals surface area (Å²) in [5.74, 6) is 4.86. The summed E-state index contributed by atoms with van der Waals surface area (Å²) in [5, 5.41) is 18.0. The molecule has 8 atom stereocenters. The van der Waals surface area contributed by atoms with Gasteiger partial charge >= 0.3 is 0 Å². The monoisotopic (exact) mass is 440 g/mol. The average Bonchev–Trinajstić information content (AvgIpc) is 3.36. The zero-order chi connectivity index (χ0) is 23.3. The Labute approximate surface area is 197 Å². The number of aliphatic hydroxyl groups is 2. The Morgan fingerprint density at radius 3 is 1.88 bits per heavy atom. The Morgan fingerprint density at radius 2 is 1.44 bits per heavy atom. The Kier molecular flexibility index (Phi) is 6.62. The number of rotatable bonds is 8. The Balaban J connectivity index is 0.000000153. The molecule has 0 radical (unpaired) electrons. The maximum atomic E-state index is 8.99. The van der Waals surface area contributed by atoms with E-state index in [-0.39, 0.29) is 13.2 Å². The topological polar surface area (TPSA) is 40.5 Å². The molecule has 2 heteroatoms. The molecule has 2 N–H and O–H groups in total. The van der Waals surface area contributed by atoms with Crippen LogP contribution in [0.3, 0.4) is 0 Å². The van der Waals surface area contributed by atoms with Gasteiger partial charge in [0.05, 0.1) is 13.2 Å². The first-order valence-electron chi connectivity index (χ1n) is 13.3. The first-order chi connectivity index (χ1) is 15.1. The van der Waals surface area contributed by atoms with Crippen LogP contribution < -0.4 is 0 Å². The van der Waals surface area contributed by atoms with Gasteiger partial charge in [-0.3, -0.25) is 0 Å². The van der Waals surface area contributed by atoms with E-state index < -0.39 is 0 Å². The van der Waals surface area contributed by atoms with Crippen LogP contribution in [-0.2, 0) is 0 Å². The van der Waals surface area contributed by atoms with Gasteiger partial charge < -0.3 is 10.2 Å². The molecule has 0 amide bonds. The summed E-state index contributed by atoms with van der Waals surface area (Å²) in [5.41, 5.74) is 5.42. The van der Waals surface area contributed by atoms with Crippen LogP contribution in [0.2, 0.25) is 0 Å². The molecule has 6 rings (SSSR count). The lowest BCUT2D eigenvalue weighted by atomic mass is 9.69. The minimum atomic E-state index is 0.198. The van der Waals surface area contributed by atoms with Gasteiger partial charge in [-0.05, 0) is 117 Å². The van der Waals surface area contributed by atoms with Crippen LogP contribution in [0.15, 0.2) is 35.5 Å². The van der Waals surface area contributed by atoms with Crippen molar-refractivity contribution in [2.45, 2.75) is 92.4 Å². The summed E-state index contributed by atoms with van der Waals surface area (Å²) in [7, 11) is 0. The van der Waals surface area contributed by atoms with Gasteiger partial charge in [0.15, 0.2) is 0 Å². The fourth-order valence-corrected chi connectivity index (χ4v) is 8.84. The van der Waals surface area contributed by atoms with Crippen molar-refractivity contribution in [2.24, 2.45) is 45.8 Å². The zero-order valence-corrected chi connectivity index (χ0v) is 21.4. The molecule has 0 aromatic rings. The molecule has 180 valence electrons. The van der Waals surface area contributed by atoms with E-state index in [1.165, 1.54) is 50.5 Å². The van der Waals surface area contributed by atoms with Gasteiger partial charge in [0.25, 0.3) is 0 Å². The first kappa shape index (κ1) is 24.3. The van der Waals surface area contributed by atoms with E-state index in [4.69, 9.17) is 10.2 Å². The zero-order valence-electron chi connectivity index (χ0n) is 21.4. The summed E-state index contributed by atoms with van der Waals surface area (Å²) < 4.78 is 0. The Hall–Kier alpha value is -0.860. The van der Waals surface area contributed by atoms with Crippen molar-refractivity contribution in [3.8, 4) is 0 Å². The quantitative estimate of drug-likeness (QED) is 0.396. The van der Waals surface area contributed by atoms with E-state index in [9.17, 15) is 0 Å². The van der Waals surface area contributed by atoms with Crippen LogP contribution in [0, 0.1) is 45.8 Å². The molecule has 0 aromatic heterocycles. The van der Waals surface area contributed by atoms with E-state index in [0.717, 1.165) is 53.6 Å². The Bertz CT molecular complexity index is 779. The van der Waals surface area contributed by atoms with E-state index >= 15 is 0 Å². The standard InChI is InChI=1S/2C15H24O/c1-10(9-16)5-4-6-14(2)11-7-12-13(8-11)15(12,14)3;1-11(10-16)5-4-8-15(3)12(2)13-6-7-14(15)9-13/h5,11-13,16H,4,6-9H2,1-3H3;5,13-14,16H,2,4,6-10H2,1,3H3/b10-5+;11-5+/t11?,12-,13?,14+,15?;13-,14+,15+/m01/s1. The van der Waals surface area contributed by atoms with Gasteiger partial charge in [0.2, 0.25) is 0 Å². The molecular formula is C30H48O2. The van der Waals surface area contributed by atoms with Crippen LogP contribution in [0.4, 0.5) is 0 Å². The first-order valence-corrected chi connectivity index (χ1v) is 13.3. The fourth-order valence-electron chi connectivity index (χ4n) is 8.84. The van der Waals surface area contributed by atoms with E-state index in [2.05, 4.69) is 39.5 Å². The van der Waals surface area contributed by atoms with Crippen LogP contribution >= 0.6 is 0 Å². The highest BCUT2D eigenvalue weighted by Crippen LogP contribution is 2.87. The Morgan fingerprint density at radius 1 is 0.875 bits per heavy atom. The van der Waals surface area contributed by atoms with Gasteiger partial charge in [-0.15, -0.1) is 0 Å². The highest BCUT2D eigenvalue weighted by molar-refractivity contribution is 5.29. The smallest absolute Gasteiger partial charge is 0.0639 e. The maximum absolute atomic E-state index is 8.99. The largest absolute Gasteiger partial charge is 0.392 e. The van der Waals surface area contributed by atoms with Gasteiger partial charge in [-0.1, -0.05) is 56.2 Å². The average molecular weight is 441 g/mol. The molecule has 6 saturated carbocycles. The summed E-state index contributed by atoms with van der Waals surface area (Å²) in [6, 6.07) is 0. The van der Waals surface area contributed by atoms with Crippen molar-refractivity contribution in [3.63, 3.8) is 0 Å². The van der Waals surface area contributed by atoms with Crippen molar-refractivity contribution in [1.29, 1.82) is 0 Å². The molecule has 32 heavy (non-hydrogen) atoms. The van der Waals surface area contributed by atoms with Gasteiger partial charge in [0.1, 0.15) is 0 Å². The minimum Gasteiger partial charge on any atom is -0.392 e. The van der Waals surface area contributed by atoms with Crippen LogP contribution in [0.1, 0.15) is 92.4 Å². The summed E-state index contributed by atoms with van der Waals surface area (Å²) >= 11 is 0. The fraction of sp³-hybridized carbons (Fsp3) is 0.800. The van der Waals surface area contributed by atoms with Gasteiger partial charge in [0, 0.05) is 0 Å². The second-order valence-electron chi connectivity index (χ2n) is 12.7. The summed E-state index contributed by atoms with van der Waals surface area (Å²) in [4.78, 5) is 0. The normalized spacial score (nSPS) is 46.0. The number of allylic oxidation sites excluding steroid dienone is 3. The molecule has 0 heterocycles. The number of fused-ring (bicyclic) bond motifs is 2. The van der Waals surface area contributed by atoms with Gasteiger partial charge in [-0.25, -0.2) is 0 Å². The molecule has 6 bridgehead atoms. The van der Waals surface area contributed by atoms with Crippen molar-refractivity contribution < 1.29 is 10.2 Å². The highest BCUT2D eigenvalue weighted by Gasteiger charge is 2.80. The molecule has 3 unspecified atom stereocenters. The summed E-state index contributed by atoms with van der Waals surface area (Å²) in [6.07, 6.45) is 16.4. The number of aliphatic hydroxyl groups excluding tert-OH is 2. The third-order valence-electron chi connectivity index (χ3n) is 11.5. The van der Waals surface area contributed by atoms with E-state index in [1.54, 1.807) is 0 Å². The molecule has 6 aliphatic carbocycles.